The van der Waals surface area contributed by atoms with Gasteiger partial charge in [-0.1, -0.05) is 51.1 Å². The molecule has 1 aromatic carbocycles. The van der Waals surface area contributed by atoms with E-state index in [4.69, 9.17) is 0 Å². The Kier molecular flexibility index (Phi) is 8.01. The SMILES string of the molecule is Cc1ccccc1C(=O)NCCCC(C)(C)CC(C)(C)CCn1cc(-c2cccnc2)nn1. The highest BCUT2D eigenvalue weighted by atomic mass is 16.1. The molecule has 0 spiro atoms. The maximum Gasteiger partial charge on any atom is 0.251 e. The molecule has 33 heavy (non-hydrogen) atoms. The summed E-state index contributed by atoms with van der Waals surface area (Å²) in [6, 6.07) is 11.6. The second-order valence-corrected chi connectivity index (χ2v) is 10.5. The number of benzene rings is 1. The van der Waals surface area contributed by atoms with Crippen LogP contribution in [-0.2, 0) is 6.54 Å². The zero-order chi connectivity index (χ0) is 23.9. The summed E-state index contributed by atoms with van der Waals surface area (Å²) in [6.07, 6.45) is 9.74. The predicted octanol–water partition coefficient (Wildman–Crippen LogP) is 5.69. The third-order valence-electron chi connectivity index (χ3n) is 6.18. The summed E-state index contributed by atoms with van der Waals surface area (Å²) in [7, 11) is 0. The van der Waals surface area contributed by atoms with Gasteiger partial charge >= 0.3 is 0 Å². The average molecular weight is 448 g/mol. The van der Waals surface area contributed by atoms with Gasteiger partial charge in [-0.2, -0.15) is 0 Å². The molecular weight excluding hydrogens is 410 g/mol. The van der Waals surface area contributed by atoms with Gasteiger partial charge in [0.2, 0.25) is 0 Å². The summed E-state index contributed by atoms with van der Waals surface area (Å²) in [5.41, 5.74) is 3.98. The van der Waals surface area contributed by atoms with Crippen LogP contribution < -0.4 is 5.32 Å². The zero-order valence-electron chi connectivity index (χ0n) is 20.6. The Hall–Kier alpha value is -3.02. The average Bonchev–Trinajstić information content (AvgIpc) is 3.25. The summed E-state index contributed by atoms with van der Waals surface area (Å²) >= 11 is 0. The Bertz CT molecular complexity index is 1040. The minimum Gasteiger partial charge on any atom is -0.352 e. The molecule has 0 bridgehead atoms. The Balaban J connectivity index is 1.43. The van der Waals surface area contributed by atoms with Crippen LogP contribution in [0.2, 0.25) is 0 Å². The van der Waals surface area contributed by atoms with Gasteiger partial charge in [-0.05, 0) is 67.2 Å². The van der Waals surface area contributed by atoms with Gasteiger partial charge in [-0.15, -0.1) is 5.10 Å². The molecule has 6 heteroatoms. The second-order valence-electron chi connectivity index (χ2n) is 10.5. The largest absolute Gasteiger partial charge is 0.352 e. The molecule has 3 aromatic rings. The molecule has 0 radical (unpaired) electrons. The number of aromatic nitrogens is 4. The van der Waals surface area contributed by atoms with E-state index in [9.17, 15) is 4.79 Å². The van der Waals surface area contributed by atoms with Crippen molar-refractivity contribution in [2.75, 3.05) is 6.54 Å². The smallest absolute Gasteiger partial charge is 0.251 e. The minimum absolute atomic E-state index is 0.0183. The third kappa shape index (κ3) is 7.52. The van der Waals surface area contributed by atoms with Gasteiger partial charge in [0.05, 0.1) is 6.20 Å². The normalized spacial score (nSPS) is 12.0. The van der Waals surface area contributed by atoms with Gasteiger partial charge in [-0.25, -0.2) is 0 Å². The molecule has 3 rings (SSSR count). The van der Waals surface area contributed by atoms with E-state index in [1.54, 1.807) is 6.20 Å². The lowest BCUT2D eigenvalue weighted by molar-refractivity contribution is 0.0948. The van der Waals surface area contributed by atoms with Crippen molar-refractivity contribution in [1.82, 2.24) is 25.3 Å². The molecule has 2 aromatic heterocycles. The number of amides is 1. The van der Waals surface area contributed by atoms with Crippen molar-refractivity contribution < 1.29 is 4.79 Å². The van der Waals surface area contributed by atoms with Crippen LogP contribution in [0.15, 0.2) is 55.0 Å². The van der Waals surface area contributed by atoms with Crippen molar-refractivity contribution in [2.45, 2.75) is 66.8 Å². The molecule has 0 aliphatic heterocycles. The number of hydrogen-bond acceptors (Lipinski definition) is 4. The fourth-order valence-electron chi connectivity index (χ4n) is 4.64. The number of carbonyl (C=O) groups is 1. The van der Waals surface area contributed by atoms with E-state index in [1.807, 2.05) is 60.4 Å². The molecule has 0 aliphatic rings. The molecule has 0 saturated heterocycles. The van der Waals surface area contributed by atoms with Crippen molar-refractivity contribution in [3.63, 3.8) is 0 Å². The van der Waals surface area contributed by atoms with E-state index in [0.717, 1.165) is 54.6 Å². The summed E-state index contributed by atoms with van der Waals surface area (Å²) in [5, 5.41) is 11.7. The minimum atomic E-state index is 0.0183. The molecule has 0 aliphatic carbocycles. The molecule has 0 saturated carbocycles. The van der Waals surface area contributed by atoms with Crippen molar-refractivity contribution in [1.29, 1.82) is 0 Å². The maximum absolute atomic E-state index is 12.4. The lowest BCUT2D eigenvalue weighted by Crippen LogP contribution is -2.28. The summed E-state index contributed by atoms with van der Waals surface area (Å²) in [4.78, 5) is 16.6. The van der Waals surface area contributed by atoms with E-state index in [-0.39, 0.29) is 16.7 Å². The van der Waals surface area contributed by atoms with E-state index >= 15 is 0 Å². The quantitative estimate of drug-likeness (QED) is 0.383. The van der Waals surface area contributed by atoms with E-state index in [2.05, 4.69) is 48.3 Å². The maximum atomic E-state index is 12.4. The fraction of sp³-hybridized carbons (Fsp3) is 0.481. The number of carbonyl (C=O) groups excluding carboxylic acids is 1. The van der Waals surface area contributed by atoms with E-state index in [1.165, 1.54) is 0 Å². The van der Waals surface area contributed by atoms with Crippen molar-refractivity contribution >= 4 is 5.91 Å². The highest BCUT2D eigenvalue weighted by Crippen LogP contribution is 2.39. The molecule has 1 N–H and O–H groups in total. The van der Waals surface area contributed by atoms with Crippen LogP contribution in [-0.4, -0.2) is 32.4 Å². The van der Waals surface area contributed by atoms with Gasteiger partial charge in [0.15, 0.2) is 0 Å². The number of aryl methyl sites for hydroxylation is 2. The molecular formula is C27H37N5O. The topological polar surface area (TPSA) is 72.7 Å². The molecule has 0 fully saturated rings. The highest BCUT2D eigenvalue weighted by Gasteiger charge is 2.28. The zero-order valence-corrected chi connectivity index (χ0v) is 20.6. The molecule has 0 atom stereocenters. The first-order chi connectivity index (χ1) is 15.7. The second kappa shape index (κ2) is 10.7. The highest BCUT2D eigenvalue weighted by molar-refractivity contribution is 5.95. The molecule has 2 heterocycles. The fourth-order valence-corrected chi connectivity index (χ4v) is 4.64. The van der Waals surface area contributed by atoms with Crippen LogP contribution in [0.25, 0.3) is 11.3 Å². The summed E-state index contributed by atoms with van der Waals surface area (Å²) in [5.74, 6) is 0.0183. The Labute approximate surface area is 197 Å². The van der Waals surface area contributed by atoms with Crippen LogP contribution >= 0.6 is 0 Å². The molecule has 0 unspecified atom stereocenters. The van der Waals surface area contributed by atoms with Crippen LogP contribution in [0, 0.1) is 17.8 Å². The molecule has 1 amide bonds. The number of pyridine rings is 1. The van der Waals surface area contributed by atoms with E-state index in [0.29, 0.717) is 6.54 Å². The summed E-state index contributed by atoms with van der Waals surface area (Å²) in [6.45, 7) is 12.8. The standard InChI is InChI=1S/C27H37N5O/c1-21-10-6-7-12-23(21)25(33)29-16-9-13-26(2,3)20-27(4,5)14-17-32-19-24(30-31-32)22-11-8-15-28-18-22/h6-8,10-12,15,18-19H,9,13-14,16-17,20H2,1-5H3,(H,29,33). The first kappa shape index (κ1) is 24.6. The van der Waals surface area contributed by atoms with Gasteiger partial charge in [-0.3, -0.25) is 14.5 Å². The van der Waals surface area contributed by atoms with Gasteiger partial charge in [0, 0.05) is 36.6 Å². The monoisotopic (exact) mass is 447 g/mol. The Morgan fingerprint density at radius 1 is 1.03 bits per heavy atom. The Morgan fingerprint density at radius 2 is 1.79 bits per heavy atom. The number of hydrogen-bond donors (Lipinski definition) is 1. The van der Waals surface area contributed by atoms with Gasteiger partial charge in [0.25, 0.3) is 5.91 Å². The number of nitrogens with zero attached hydrogens (tertiary/aromatic N) is 4. The van der Waals surface area contributed by atoms with Crippen LogP contribution in [0.5, 0.6) is 0 Å². The van der Waals surface area contributed by atoms with Crippen molar-refractivity contribution in [3.8, 4) is 11.3 Å². The molecule has 6 nitrogen and oxygen atoms in total. The lowest BCUT2D eigenvalue weighted by atomic mass is 9.71. The van der Waals surface area contributed by atoms with E-state index < -0.39 is 0 Å². The van der Waals surface area contributed by atoms with Gasteiger partial charge in [0.1, 0.15) is 5.69 Å². The third-order valence-corrected chi connectivity index (χ3v) is 6.18. The lowest BCUT2D eigenvalue weighted by Gasteiger charge is -2.35. The predicted molar refractivity (Wildman–Crippen MR) is 133 cm³/mol. The van der Waals surface area contributed by atoms with Crippen LogP contribution in [0.3, 0.4) is 0 Å². The number of nitrogens with one attached hydrogen (secondary N) is 1. The Morgan fingerprint density at radius 3 is 2.52 bits per heavy atom. The van der Waals surface area contributed by atoms with Crippen LogP contribution in [0.1, 0.15) is 69.3 Å². The van der Waals surface area contributed by atoms with Crippen molar-refractivity contribution in [3.05, 3.63) is 66.1 Å². The van der Waals surface area contributed by atoms with Gasteiger partial charge < -0.3 is 5.32 Å². The summed E-state index contributed by atoms with van der Waals surface area (Å²) < 4.78 is 1.93. The van der Waals surface area contributed by atoms with Crippen LogP contribution in [0.4, 0.5) is 0 Å². The molecule has 176 valence electrons. The first-order valence-electron chi connectivity index (χ1n) is 11.8. The number of rotatable bonds is 11. The first-order valence-corrected chi connectivity index (χ1v) is 11.8. The van der Waals surface area contributed by atoms with Crippen molar-refractivity contribution in [2.24, 2.45) is 10.8 Å².